The van der Waals surface area contributed by atoms with Crippen LogP contribution < -0.4 is 5.32 Å². The smallest absolute Gasteiger partial charge is 0.243 e. The van der Waals surface area contributed by atoms with Gasteiger partial charge in [-0.2, -0.15) is 4.31 Å². The Balaban J connectivity index is 1.57. The molecule has 3 aromatic carbocycles. The molecular formula is C23H24N2O3S. The Hall–Kier alpha value is -2.70. The second kappa shape index (κ2) is 7.97. The predicted molar refractivity (Wildman–Crippen MR) is 114 cm³/mol. The molecule has 2 atom stereocenters. The Morgan fingerprint density at radius 2 is 1.69 bits per heavy atom. The summed E-state index contributed by atoms with van der Waals surface area (Å²) in [4.78, 5) is 13.1. The van der Waals surface area contributed by atoms with E-state index in [-0.39, 0.29) is 16.8 Å². The molecule has 0 spiro atoms. The zero-order valence-corrected chi connectivity index (χ0v) is 17.1. The number of carbonyl (C=O) groups excluding carboxylic acids is 1. The number of nitrogens with zero attached hydrogens (tertiary/aromatic N) is 1. The molecule has 0 bridgehead atoms. The summed E-state index contributed by atoms with van der Waals surface area (Å²) in [5, 5.41) is 4.83. The third-order valence-corrected chi connectivity index (χ3v) is 7.40. The number of fused-ring (bicyclic) bond motifs is 1. The van der Waals surface area contributed by atoms with E-state index in [4.69, 9.17) is 0 Å². The normalized spacial score (nSPS) is 18.6. The van der Waals surface area contributed by atoms with Crippen LogP contribution in [0, 0.1) is 0 Å². The van der Waals surface area contributed by atoms with Crippen LogP contribution in [0.2, 0.25) is 0 Å². The van der Waals surface area contributed by atoms with Gasteiger partial charge in [0.2, 0.25) is 15.9 Å². The molecule has 1 aliphatic heterocycles. The van der Waals surface area contributed by atoms with Gasteiger partial charge in [0, 0.05) is 6.54 Å². The molecule has 0 radical (unpaired) electrons. The molecule has 0 aliphatic carbocycles. The maximum Gasteiger partial charge on any atom is 0.243 e. The zero-order chi connectivity index (χ0) is 20.4. The quantitative estimate of drug-likeness (QED) is 0.697. The van der Waals surface area contributed by atoms with Crippen LogP contribution in [0.15, 0.2) is 77.7 Å². The zero-order valence-electron chi connectivity index (χ0n) is 16.3. The summed E-state index contributed by atoms with van der Waals surface area (Å²) in [5.74, 6) is -0.247. The number of carbonyl (C=O) groups is 1. The van der Waals surface area contributed by atoms with Crippen LogP contribution in [0.4, 0.5) is 0 Å². The van der Waals surface area contributed by atoms with Crippen molar-refractivity contribution in [2.75, 3.05) is 6.54 Å². The minimum absolute atomic E-state index is 0.186. The first kappa shape index (κ1) is 19.6. The molecule has 1 fully saturated rings. The topological polar surface area (TPSA) is 66.5 Å². The number of hydrogen-bond donors (Lipinski definition) is 1. The molecule has 0 aromatic heterocycles. The van der Waals surface area contributed by atoms with Gasteiger partial charge in [0.1, 0.15) is 6.04 Å². The van der Waals surface area contributed by atoms with E-state index in [0.717, 1.165) is 16.3 Å². The summed E-state index contributed by atoms with van der Waals surface area (Å²) in [6.07, 6.45) is 1.20. The van der Waals surface area contributed by atoms with E-state index in [9.17, 15) is 13.2 Å². The van der Waals surface area contributed by atoms with Gasteiger partial charge in [-0.15, -0.1) is 0 Å². The highest BCUT2D eigenvalue weighted by atomic mass is 32.2. The Morgan fingerprint density at radius 1 is 1.00 bits per heavy atom. The van der Waals surface area contributed by atoms with E-state index in [2.05, 4.69) is 5.32 Å². The van der Waals surface area contributed by atoms with Crippen molar-refractivity contribution in [3.63, 3.8) is 0 Å². The first-order valence-electron chi connectivity index (χ1n) is 9.83. The van der Waals surface area contributed by atoms with Crippen molar-refractivity contribution in [3.05, 3.63) is 78.4 Å². The van der Waals surface area contributed by atoms with E-state index >= 15 is 0 Å². The minimum atomic E-state index is -3.75. The number of rotatable bonds is 5. The van der Waals surface area contributed by atoms with E-state index in [1.807, 2.05) is 67.6 Å². The van der Waals surface area contributed by atoms with Crippen molar-refractivity contribution in [2.45, 2.75) is 36.7 Å². The third-order valence-electron chi connectivity index (χ3n) is 5.49. The number of hydrogen-bond acceptors (Lipinski definition) is 3. The van der Waals surface area contributed by atoms with Crippen molar-refractivity contribution in [3.8, 4) is 0 Å². The molecule has 1 heterocycles. The van der Waals surface area contributed by atoms with Gasteiger partial charge in [0.05, 0.1) is 10.9 Å². The Morgan fingerprint density at radius 3 is 2.45 bits per heavy atom. The van der Waals surface area contributed by atoms with Crippen LogP contribution >= 0.6 is 0 Å². The van der Waals surface area contributed by atoms with Crippen molar-refractivity contribution in [2.24, 2.45) is 0 Å². The van der Waals surface area contributed by atoms with Gasteiger partial charge in [-0.1, -0.05) is 60.7 Å². The second-order valence-corrected chi connectivity index (χ2v) is 9.31. The summed E-state index contributed by atoms with van der Waals surface area (Å²) in [7, 11) is -3.75. The first-order chi connectivity index (χ1) is 14.0. The summed E-state index contributed by atoms with van der Waals surface area (Å²) < 4.78 is 27.9. The van der Waals surface area contributed by atoms with Crippen LogP contribution in [0.25, 0.3) is 10.8 Å². The molecule has 0 saturated carbocycles. The van der Waals surface area contributed by atoms with Crippen molar-refractivity contribution in [1.82, 2.24) is 9.62 Å². The molecule has 1 amide bonds. The van der Waals surface area contributed by atoms with Crippen LogP contribution in [-0.2, 0) is 14.8 Å². The number of nitrogens with one attached hydrogen (secondary N) is 1. The molecule has 4 rings (SSSR count). The van der Waals surface area contributed by atoms with E-state index in [1.54, 1.807) is 12.1 Å². The maximum atomic E-state index is 13.3. The van der Waals surface area contributed by atoms with E-state index in [0.29, 0.717) is 19.4 Å². The van der Waals surface area contributed by atoms with Gasteiger partial charge < -0.3 is 5.32 Å². The molecule has 6 heteroatoms. The van der Waals surface area contributed by atoms with Gasteiger partial charge in [0.25, 0.3) is 0 Å². The first-order valence-corrected chi connectivity index (χ1v) is 11.3. The highest BCUT2D eigenvalue weighted by Gasteiger charge is 2.39. The van der Waals surface area contributed by atoms with Crippen LogP contribution in [0.5, 0.6) is 0 Å². The lowest BCUT2D eigenvalue weighted by atomic mass is 10.1. The highest BCUT2D eigenvalue weighted by Crippen LogP contribution is 2.28. The molecule has 3 aromatic rings. The second-order valence-electron chi connectivity index (χ2n) is 7.42. The number of sulfonamides is 1. The third kappa shape index (κ3) is 3.91. The molecular weight excluding hydrogens is 384 g/mol. The summed E-state index contributed by atoms with van der Waals surface area (Å²) in [6.45, 7) is 2.26. The molecule has 150 valence electrons. The van der Waals surface area contributed by atoms with Gasteiger partial charge in [-0.3, -0.25) is 4.79 Å². The average Bonchev–Trinajstić information content (AvgIpc) is 3.25. The number of amides is 1. The summed E-state index contributed by atoms with van der Waals surface area (Å²) >= 11 is 0. The summed E-state index contributed by atoms with van der Waals surface area (Å²) in [5.41, 5.74) is 0.989. The van der Waals surface area contributed by atoms with Gasteiger partial charge in [-0.25, -0.2) is 8.42 Å². The van der Waals surface area contributed by atoms with Gasteiger partial charge in [-0.05, 0) is 48.2 Å². The van der Waals surface area contributed by atoms with Gasteiger partial charge in [0.15, 0.2) is 0 Å². The monoisotopic (exact) mass is 408 g/mol. The molecule has 0 unspecified atom stereocenters. The van der Waals surface area contributed by atoms with E-state index in [1.165, 1.54) is 4.31 Å². The predicted octanol–water partition coefficient (Wildman–Crippen LogP) is 3.87. The SMILES string of the molecule is C[C@@H](NC(=O)[C@@H]1CCCN1S(=O)(=O)c1ccc2ccccc2c1)c1ccccc1. The Bertz CT molecular complexity index is 1130. The Labute approximate surface area is 171 Å². The highest BCUT2D eigenvalue weighted by molar-refractivity contribution is 7.89. The largest absolute Gasteiger partial charge is 0.348 e. The molecule has 5 nitrogen and oxygen atoms in total. The fraction of sp³-hybridized carbons (Fsp3) is 0.261. The molecule has 29 heavy (non-hydrogen) atoms. The lowest BCUT2D eigenvalue weighted by Gasteiger charge is -2.25. The minimum Gasteiger partial charge on any atom is -0.348 e. The number of benzene rings is 3. The fourth-order valence-electron chi connectivity index (χ4n) is 3.89. The molecule has 1 aliphatic rings. The Kier molecular flexibility index (Phi) is 5.39. The molecule has 1 N–H and O–H groups in total. The van der Waals surface area contributed by atoms with Crippen molar-refractivity contribution in [1.29, 1.82) is 0 Å². The molecule has 1 saturated heterocycles. The van der Waals surface area contributed by atoms with Crippen molar-refractivity contribution >= 4 is 26.7 Å². The standard InChI is InChI=1S/C23H24N2O3S/c1-17(18-8-3-2-4-9-18)24-23(26)22-12-7-15-25(22)29(27,28)21-14-13-19-10-5-6-11-20(19)16-21/h2-6,8-11,13-14,16-17,22H,7,12,15H2,1H3,(H,24,26)/t17-,22+/m1/s1. The van der Waals surface area contributed by atoms with Crippen LogP contribution in [0.1, 0.15) is 31.4 Å². The van der Waals surface area contributed by atoms with Gasteiger partial charge >= 0.3 is 0 Å². The lowest BCUT2D eigenvalue weighted by molar-refractivity contribution is -0.124. The lowest BCUT2D eigenvalue weighted by Crippen LogP contribution is -2.46. The van der Waals surface area contributed by atoms with E-state index < -0.39 is 16.1 Å². The van der Waals surface area contributed by atoms with Crippen LogP contribution in [0.3, 0.4) is 0 Å². The van der Waals surface area contributed by atoms with Crippen molar-refractivity contribution < 1.29 is 13.2 Å². The summed E-state index contributed by atoms with van der Waals surface area (Å²) in [6, 6.07) is 21.6. The van der Waals surface area contributed by atoms with Crippen LogP contribution in [-0.4, -0.2) is 31.2 Å². The average molecular weight is 409 g/mol. The fourth-order valence-corrected chi connectivity index (χ4v) is 5.58. The maximum absolute atomic E-state index is 13.3.